The first kappa shape index (κ1) is 13.2. The second-order valence-corrected chi connectivity index (χ2v) is 5.18. The highest BCUT2D eigenvalue weighted by Gasteiger charge is 2.13. The van der Waals surface area contributed by atoms with E-state index in [0.717, 1.165) is 0 Å². The van der Waals surface area contributed by atoms with Crippen molar-refractivity contribution in [1.29, 1.82) is 5.26 Å². The van der Waals surface area contributed by atoms with Crippen LogP contribution in [0.1, 0.15) is 17.5 Å². The molecule has 0 saturated heterocycles. The van der Waals surface area contributed by atoms with E-state index in [9.17, 15) is 8.42 Å². The quantitative estimate of drug-likeness (QED) is 0.624. The maximum Gasteiger partial charge on any atom is 0.215 e. The molecule has 0 aliphatic carbocycles. The van der Waals surface area contributed by atoms with Gasteiger partial charge in [-0.25, -0.2) is 13.1 Å². The van der Waals surface area contributed by atoms with Crippen molar-refractivity contribution in [3.8, 4) is 18.4 Å². The monoisotopic (exact) mass is 248 g/mol. The van der Waals surface area contributed by atoms with Gasteiger partial charge in [-0.05, 0) is 11.6 Å². The van der Waals surface area contributed by atoms with Crippen LogP contribution in [0.3, 0.4) is 0 Å². The molecule has 0 aliphatic rings. The average molecular weight is 248 g/mol. The van der Waals surface area contributed by atoms with Crippen LogP contribution in [-0.2, 0) is 15.8 Å². The Hall–Kier alpha value is -1.82. The van der Waals surface area contributed by atoms with Crippen LogP contribution in [0.15, 0.2) is 24.3 Å². The molecule has 0 aromatic heterocycles. The number of rotatable bonds is 5. The summed E-state index contributed by atoms with van der Waals surface area (Å²) >= 11 is 0. The van der Waals surface area contributed by atoms with Crippen LogP contribution in [0.5, 0.6) is 0 Å². The molecule has 88 valence electrons. The summed E-state index contributed by atoms with van der Waals surface area (Å²) in [5, 5.41) is 8.84. The highest BCUT2D eigenvalue weighted by Crippen LogP contribution is 2.10. The molecule has 0 spiro atoms. The zero-order valence-electron chi connectivity index (χ0n) is 9.18. The number of nitriles is 1. The fourth-order valence-electron chi connectivity index (χ4n) is 1.29. The van der Waals surface area contributed by atoms with Crippen LogP contribution in [0.4, 0.5) is 0 Å². The molecule has 1 aromatic carbocycles. The minimum atomic E-state index is -3.44. The zero-order chi connectivity index (χ0) is 12.7. The van der Waals surface area contributed by atoms with Crippen molar-refractivity contribution in [1.82, 2.24) is 4.72 Å². The van der Waals surface area contributed by atoms with E-state index in [2.05, 4.69) is 10.6 Å². The van der Waals surface area contributed by atoms with Crippen LogP contribution in [0.25, 0.3) is 0 Å². The molecule has 0 aliphatic heterocycles. The Morgan fingerprint density at radius 3 is 2.71 bits per heavy atom. The third kappa shape index (κ3) is 4.28. The molecule has 1 N–H and O–H groups in total. The number of benzene rings is 1. The van der Waals surface area contributed by atoms with Crippen molar-refractivity contribution in [2.24, 2.45) is 0 Å². The van der Waals surface area contributed by atoms with Gasteiger partial charge in [0.05, 0.1) is 17.4 Å². The standard InChI is InChI=1S/C12H12N2O2S/c1-2-3-8-14-17(15,16)10-12-7-5-4-6-11(12)9-13/h1,4-7,14H,3,8,10H2. The molecule has 0 heterocycles. The van der Waals surface area contributed by atoms with Gasteiger partial charge >= 0.3 is 0 Å². The van der Waals surface area contributed by atoms with E-state index in [4.69, 9.17) is 11.7 Å². The smallest absolute Gasteiger partial charge is 0.214 e. The minimum Gasteiger partial charge on any atom is -0.214 e. The molecular weight excluding hydrogens is 236 g/mol. The third-order valence-corrected chi connectivity index (χ3v) is 3.41. The number of hydrogen-bond donors (Lipinski definition) is 1. The molecular formula is C12H12N2O2S. The largest absolute Gasteiger partial charge is 0.215 e. The molecule has 0 atom stereocenters. The van der Waals surface area contributed by atoms with Gasteiger partial charge in [0.25, 0.3) is 0 Å². The SMILES string of the molecule is C#CCCNS(=O)(=O)Cc1ccccc1C#N. The van der Waals surface area contributed by atoms with E-state index in [0.29, 0.717) is 17.5 Å². The fraction of sp³-hybridized carbons (Fsp3) is 0.250. The Labute approximate surface area is 101 Å². The summed E-state index contributed by atoms with van der Waals surface area (Å²) in [6.45, 7) is 0.216. The lowest BCUT2D eigenvalue weighted by Gasteiger charge is -2.06. The summed E-state index contributed by atoms with van der Waals surface area (Å²) in [7, 11) is -3.44. The van der Waals surface area contributed by atoms with Crippen LogP contribution in [0, 0.1) is 23.7 Å². The van der Waals surface area contributed by atoms with Crippen LogP contribution in [0.2, 0.25) is 0 Å². The average Bonchev–Trinajstić information content (AvgIpc) is 2.29. The topological polar surface area (TPSA) is 70.0 Å². The van der Waals surface area contributed by atoms with Gasteiger partial charge in [0.2, 0.25) is 10.0 Å². The zero-order valence-corrected chi connectivity index (χ0v) is 10.00. The van der Waals surface area contributed by atoms with Gasteiger partial charge in [-0.1, -0.05) is 18.2 Å². The van der Waals surface area contributed by atoms with Crippen molar-refractivity contribution in [3.05, 3.63) is 35.4 Å². The minimum absolute atomic E-state index is 0.207. The van der Waals surface area contributed by atoms with Crippen molar-refractivity contribution < 1.29 is 8.42 Å². The van der Waals surface area contributed by atoms with Crippen molar-refractivity contribution in [2.75, 3.05) is 6.54 Å². The Morgan fingerprint density at radius 1 is 1.35 bits per heavy atom. The molecule has 5 heteroatoms. The lowest BCUT2D eigenvalue weighted by molar-refractivity contribution is 0.581. The molecule has 0 fully saturated rings. The number of nitrogens with zero attached hydrogens (tertiary/aromatic N) is 1. The van der Waals surface area contributed by atoms with Crippen molar-refractivity contribution >= 4 is 10.0 Å². The van der Waals surface area contributed by atoms with E-state index in [1.165, 1.54) is 0 Å². The second kappa shape index (κ2) is 6.05. The highest BCUT2D eigenvalue weighted by atomic mass is 32.2. The number of terminal acetylenes is 1. The molecule has 0 amide bonds. The molecule has 1 rings (SSSR count). The molecule has 0 bridgehead atoms. The first-order chi connectivity index (χ1) is 8.09. The number of nitrogens with one attached hydrogen (secondary N) is 1. The Morgan fingerprint density at radius 2 is 2.06 bits per heavy atom. The lowest BCUT2D eigenvalue weighted by atomic mass is 10.1. The Balaban J connectivity index is 2.78. The van der Waals surface area contributed by atoms with Gasteiger partial charge in [-0.2, -0.15) is 5.26 Å². The summed E-state index contributed by atoms with van der Waals surface area (Å²) in [6, 6.07) is 8.57. The molecule has 0 radical (unpaired) electrons. The maximum atomic E-state index is 11.7. The van der Waals surface area contributed by atoms with Gasteiger partial charge in [0.15, 0.2) is 0 Å². The lowest BCUT2D eigenvalue weighted by Crippen LogP contribution is -2.26. The summed E-state index contributed by atoms with van der Waals surface area (Å²) in [5.74, 6) is 2.14. The number of hydrogen-bond acceptors (Lipinski definition) is 3. The van der Waals surface area contributed by atoms with Gasteiger partial charge in [0.1, 0.15) is 0 Å². The van der Waals surface area contributed by atoms with Gasteiger partial charge in [-0.15, -0.1) is 12.3 Å². The number of sulfonamides is 1. The van der Waals surface area contributed by atoms with E-state index in [1.807, 2.05) is 6.07 Å². The molecule has 4 nitrogen and oxygen atoms in total. The molecule has 17 heavy (non-hydrogen) atoms. The van der Waals surface area contributed by atoms with E-state index in [-0.39, 0.29) is 12.3 Å². The summed E-state index contributed by atoms with van der Waals surface area (Å²) < 4.78 is 25.7. The van der Waals surface area contributed by atoms with Crippen molar-refractivity contribution in [2.45, 2.75) is 12.2 Å². The van der Waals surface area contributed by atoms with Crippen LogP contribution in [-0.4, -0.2) is 15.0 Å². The van der Waals surface area contributed by atoms with Crippen LogP contribution < -0.4 is 4.72 Å². The fourth-order valence-corrected chi connectivity index (χ4v) is 2.47. The predicted octanol–water partition coefficient (Wildman–Crippen LogP) is 1.00. The van der Waals surface area contributed by atoms with Gasteiger partial charge < -0.3 is 0 Å². The Bertz CT molecular complexity index is 565. The first-order valence-electron chi connectivity index (χ1n) is 4.98. The molecule has 0 unspecified atom stereocenters. The van der Waals surface area contributed by atoms with Crippen LogP contribution >= 0.6 is 0 Å². The predicted molar refractivity (Wildman–Crippen MR) is 65.2 cm³/mol. The van der Waals surface area contributed by atoms with E-state index >= 15 is 0 Å². The molecule has 1 aromatic rings. The molecule has 0 saturated carbocycles. The second-order valence-electron chi connectivity index (χ2n) is 3.38. The summed E-state index contributed by atoms with van der Waals surface area (Å²) in [6.07, 6.45) is 5.37. The first-order valence-corrected chi connectivity index (χ1v) is 6.63. The van der Waals surface area contributed by atoms with E-state index in [1.54, 1.807) is 24.3 Å². The normalized spacial score (nSPS) is 10.5. The maximum absolute atomic E-state index is 11.7. The summed E-state index contributed by atoms with van der Waals surface area (Å²) in [4.78, 5) is 0. The van der Waals surface area contributed by atoms with Crippen molar-refractivity contribution in [3.63, 3.8) is 0 Å². The summed E-state index contributed by atoms with van der Waals surface area (Å²) in [5.41, 5.74) is 0.859. The van der Waals surface area contributed by atoms with E-state index < -0.39 is 10.0 Å². The Kier molecular flexibility index (Phi) is 4.71. The third-order valence-electron chi connectivity index (χ3n) is 2.07. The van der Waals surface area contributed by atoms with Gasteiger partial charge in [-0.3, -0.25) is 0 Å². The highest BCUT2D eigenvalue weighted by molar-refractivity contribution is 7.88. The van der Waals surface area contributed by atoms with Gasteiger partial charge in [0, 0.05) is 13.0 Å².